The van der Waals surface area contributed by atoms with Crippen LogP contribution in [0.5, 0.6) is 0 Å². The molecule has 2 N–H and O–H groups in total. The van der Waals surface area contributed by atoms with Crippen LogP contribution >= 0.6 is 0 Å². The summed E-state index contributed by atoms with van der Waals surface area (Å²) in [5.74, 6) is -0.405. The first-order valence-corrected chi connectivity index (χ1v) is 10.9. The molecule has 1 amide bonds. The van der Waals surface area contributed by atoms with E-state index in [-0.39, 0.29) is 23.8 Å². The number of aromatic nitrogens is 2. The first-order valence-electron chi connectivity index (χ1n) is 10.9. The Bertz CT molecular complexity index is 990. The molecular weight excluding hydrogens is 378 g/mol. The van der Waals surface area contributed by atoms with Crippen molar-refractivity contribution in [1.82, 2.24) is 15.1 Å². The van der Waals surface area contributed by atoms with Crippen LogP contribution in [0.1, 0.15) is 74.1 Å². The number of fused-ring (bicyclic) bond motifs is 2. The number of amides is 1. The van der Waals surface area contributed by atoms with Crippen LogP contribution in [0.15, 0.2) is 18.2 Å². The molecule has 0 radical (unpaired) electrons. The van der Waals surface area contributed by atoms with Crippen LogP contribution in [-0.4, -0.2) is 38.1 Å². The molecule has 1 unspecified atom stereocenters. The van der Waals surface area contributed by atoms with E-state index in [1.54, 1.807) is 0 Å². The number of nitrogens with zero attached hydrogens (tertiary/aromatic N) is 2. The number of hydrogen-bond acceptors (Lipinski definition) is 3. The Morgan fingerprint density at radius 2 is 2.07 bits per heavy atom. The third-order valence-electron chi connectivity index (χ3n) is 6.35. The van der Waals surface area contributed by atoms with E-state index in [0.29, 0.717) is 18.9 Å². The highest BCUT2D eigenvalue weighted by atomic mass is 16.4. The Labute approximate surface area is 177 Å². The molecule has 0 spiro atoms. The minimum absolute atomic E-state index is 0.0148. The van der Waals surface area contributed by atoms with Gasteiger partial charge in [0.15, 0.2) is 0 Å². The number of hydrogen-bond donors (Lipinski definition) is 2. The minimum Gasteiger partial charge on any atom is -0.481 e. The van der Waals surface area contributed by atoms with Gasteiger partial charge in [-0.05, 0) is 54.7 Å². The summed E-state index contributed by atoms with van der Waals surface area (Å²) in [6, 6.07) is 5.95. The largest absolute Gasteiger partial charge is 0.481 e. The molecule has 1 aliphatic heterocycles. The number of carboxylic acid groups (broad SMARTS) is 1. The maximum atomic E-state index is 13.1. The van der Waals surface area contributed by atoms with Gasteiger partial charge >= 0.3 is 5.97 Å². The van der Waals surface area contributed by atoms with Crippen molar-refractivity contribution in [3.8, 4) is 11.3 Å². The van der Waals surface area contributed by atoms with Gasteiger partial charge in [0.1, 0.15) is 0 Å². The Morgan fingerprint density at radius 3 is 2.77 bits per heavy atom. The molecule has 6 heteroatoms. The zero-order chi connectivity index (χ0) is 21.6. The van der Waals surface area contributed by atoms with Crippen LogP contribution in [0.3, 0.4) is 0 Å². The van der Waals surface area contributed by atoms with Crippen LogP contribution in [-0.2, 0) is 24.2 Å². The van der Waals surface area contributed by atoms with E-state index in [4.69, 9.17) is 5.11 Å². The monoisotopic (exact) mass is 409 g/mol. The first-order chi connectivity index (χ1) is 14.1. The molecule has 0 saturated heterocycles. The smallest absolute Gasteiger partial charge is 0.303 e. The Morgan fingerprint density at radius 1 is 1.30 bits per heavy atom. The van der Waals surface area contributed by atoms with Gasteiger partial charge in [-0.1, -0.05) is 33.8 Å². The molecule has 1 atom stereocenters. The van der Waals surface area contributed by atoms with Gasteiger partial charge in [0.25, 0.3) is 5.91 Å². The summed E-state index contributed by atoms with van der Waals surface area (Å²) in [6.45, 7) is 9.31. The second-order valence-corrected chi connectivity index (χ2v) is 10.1. The lowest BCUT2D eigenvalue weighted by atomic mass is 9.90. The predicted molar refractivity (Wildman–Crippen MR) is 115 cm³/mol. The number of carboxylic acids is 1. The van der Waals surface area contributed by atoms with Crippen LogP contribution in [0.25, 0.3) is 11.3 Å². The number of aliphatic carboxylic acids is 1. The van der Waals surface area contributed by atoms with Gasteiger partial charge in [-0.3, -0.25) is 14.7 Å². The lowest BCUT2D eigenvalue weighted by Crippen LogP contribution is -2.37. The summed E-state index contributed by atoms with van der Waals surface area (Å²) < 4.78 is 0. The van der Waals surface area contributed by atoms with E-state index in [9.17, 15) is 9.59 Å². The van der Waals surface area contributed by atoms with Crippen molar-refractivity contribution in [2.45, 2.75) is 72.4 Å². The van der Waals surface area contributed by atoms with E-state index < -0.39 is 5.97 Å². The summed E-state index contributed by atoms with van der Waals surface area (Å²) >= 11 is 0. The van der Waals surface area contributed by atoms with Gasteiger partial charge in [-0.15, -0.1) is 0 Å². The van der Waals surface area contributed by atoms with Crippen LogP contribution in [0, 0.1) is 11.3 Å². The van der Waals surface area contributed by atoms with Crippen LogP contribution in [0.2, 0.25) is 0 Å². The third-order valence-corrected chi connectivity index (χ3v) is 6.35. The second-order valence-electron chi connectivity index (χ2n) is 10.1. The quantitative estimate of drug-likeness (QED) is 0.708. The average molecular weight is 410 g/mol. The highest BCUT2D eigenvalue weighted by Gasteiger charge is 2.35. The van der Waals surface area contributed by atoms with Gasteiger partial charge in [0.2, 0.25) is 0 Å². The van der Waals surface area contributed by atoms with Crippen molar-refractivity contribution in [2.75, 3.05) is 0 Å². The fourth-order valence-corrected chi connectivity index (χ4v) is 5.02. The Hall–Kier alpha value is -2.63. The fourth-order valence-electron chi connectivity index (χ4n) is 5.02. The maximum Gasteiger partial charge on any atom is 0.303 e. The van der Waals surface area contributed by atoms with E-state index in [0.717, 1.165) is 41.6 Å². The standard InChI is InChI=1S/C24H31N3O3/c1-14(2)9-17(6-8-21(28)29)27-13-16-10-15(5-7-18(16)23(27)30)22-19-11-24(3,4)12-20(19)25-26-22/h5,7,10,14,17H,6,8-9,11-13H2,1-4H3,(H,25,26)(H,28,29). The lowest BCUT2D eigenvalue weighted by molar-refractivity contribution is -0.137. The molecule has 30 heavy (non-hydrogen) atoms. The van der Waals surface area contributed by atoms with Gasteiger partial charge in [0, 0.05) is 41.4 Å². The van der Waals surface area contributed by atoms with Gasteiger partial charge in [-0.25, -0.2) is 0 Å². The van der Waals surface area contributed by atoms with E-state index in [1.165, 1.54) is 11.3 Å². The molecule has 4 rings (SSSR count). The van der Waals surface area contributed by atoms with Crippen molar-refractivity contribution in [3.63, 3.8) is 0 Å². The van der Waals surface area contributed by atoms with Crippen molar-refractivity contribution in [3.05, 3.63) is 40.6 Å². The zero-order valence-electron chi connectivity index (χ0n) is 18.3. The van der Waals surface area contributed by atoms with Gasteiger partial charge in [0.05, 0.1) is 5.69 Å². The molecule has 160 valence electrons. The number of nitrogens with one attached hydrogen (secondary N) is 1. The van der Waals surface area contributed by atoms with Crippen molar-refractivity contribution >= 4 is 11.9 Å². The second kappa shape index (κ2) is 7.56. The molecule has 2 heterocycles. The summed E-state index contributed by atoms with van der Waals surface area (Å²) in [5, 5.41) is 16.9. The number of aromatic amines is 1. The number of benzene rings is 1. The molecule has 1 aromatic heterocycles. The first kappa shape index (κ1) is 20.6. The van der Waals surface area contributed by atoms with Crippen LogP contribution < -0.4 is 0 Å². The summed E-state index contributed by atoms with van der Waals surface area (Å²) in [5.41, 5.74) is 6.54. The molecule has 0 saturated carbocycles. The summed E-state index contributed by atoms with van der Waals surface area (Å²) in [7, 11) is 0. The molecule has 0 bridgehead atoms. The highest BCUT2D eigenvalue weighted by molar-refractivity contribution is 5.99. The van der Waals surface area contributed by atoms with E-state index in [1.807, 2.05) is 17.0 Å². The Kier molecular flexibility index (Phi) is 5.20. The Balaban J connectivity index is 1.59. The molecule has 0 fully saturated rings. The predicted octanol–water partition coefficient (Wildman–Crippen LogP) is 4.44. The SMILES string of the molecule is CC(C)CC(CCC(=O)O)N1Cc2cc(-c3n[nH]c4c3CC(C)(C)C4)ccc2C1=O. The van der Waals surface area contributed by atoms with E-state index in [2.05, 4.69) is 44.0 Å². The molecule has 6 nitrogen and oxygen atoms in total. The number of carbonyl (C=O) groups is 2. The topological polar surface area (TPSA) is 86.3 Å². The number of rotatable bonds is 7. The molecule has 2 aromatic rings. The third kappa shape index (κ3) is 3.87. The summed E-state index contributed by atoms with van der Waals surface area (Å²) in [6.07, 6.45) is 3.39. The minimum atomic E-state index is -0.814. The molecule has 2 aliphatic rings. The highest BCUT2D eigenvalue weighted by Crippen LogP contribution is 2.40. The van der Waals surface area contributed by atoms with Crippen molar-refractivity contribution in [1.29, 1.82) is 0 Å². The fraction of sp³-hybridized carbons (Fsp3) is 0.542. The van der Waals surface area contributed by atoms with Gasteiger partial charge < -0.3 is 10.0 Å². The van der Waals surface area contributed by atoms with E-state index >= 15 is 0 Å². The molecular formula is C24H31N3O3. The molecule has 1 aliphatic carbocycles. The van der Waals surface area contributed by atoms with Crippen molar-refractivity contribution in [2.24, 2.45) is 11.3 Å². The van der Waals surface area contributed by atoms with Crippen LogP contribution in [0.4, 0.5) is 0 Å². The number of H-pyrrole nitrogens is 1. The lowest BCUT2D eigenvalue weighted by Gasteiger charge is -2.29. The molecule has 1 aromatic carbocycles. The maximum absolute atomic E-state index is 13.1. The zero-order valence-corrected chi connectivity index (χ0v) is 18.3. The number of carbonyl (C=O) groups excluding carboxylic acids is 1. The van der Waals surface area contributed by atoms with Gasteiger partial charge in [-0.2, -0.15) is 5.10 Å². The normalized spacial score (nSPS) is 18.0. The summed E-state index contributed by atoms with van der Waals surface area (Å²) in [4.78, 5) is 26.1. The van der Waals surface area contributed by atoms with Crippen molar-refractivity contribution < 1.29 is 14.7 Å². The average Bonchev–Trinajstić information content (AvgIpc) is 3.27.